The number of nitrogens with zero attached hydrogens (tertiary/aromatic N) is 2. The molecular formula is C27H28FN3O3S. The van der Waals surface area contributed by atoms with Crippen molar-refractivity contribution in [2.24, 2.45) is 0 Å². The minimum absolute atomic E-state index is 0.0827. The topological polar surface area (TPSA) is 69.7 Å². The second-order valence-electron chi connectivity index (χ2n) is 9.57. The van der Waals surface area contributed by atoms with Crippen molar-refractivity contribution in [3.63, 3.8) is 0 Å². The van der Waals surface area contributed by atoms with E-state index in [1.165, 1.54) is 12.1 Å². The van der Waals surface area contributed by atoms with Crippen LogP contribution in [0.1, 0.15) is 43.0 Å². The number of imide groups is 1. The molecule has 2 aromatic rings. The zero-order valence-corrected chi connectivity index (χ0v) is 21.5. The monoisotopic (exact) mass is 493 g/mol. The summed E-state index contributed by atoms with van der Waals surface area (Å²) in [4.78, 5) is 40.9. The Morgan fingerprint density at radius 2 is 1.86 bits per heavy atom. The van der Waals surface area contributed by atoms with Crippen molar-refractivity contribution < 1.29 is 18.8 Å². The summed E-state index contributed by atoms with van der Waals surface area (Å²) in [6.45, 7) is 9.48. The maximum atomic E-state index is 15.0. The number of aryl methyl sites for hydroxylation is 2. The van der Waals surface area contributed by atoms with E-state index in [4.69, 9.17) is 0 Å². The maximum Gasteiger partial charge on any atom is 0.294 e. The number of allylic oxidation sites excluding steroid dienone is 1. The van der Waals surface area contributed by atoms with Crippen molar-refractivity contribution in [3.05, 3.63) is 69.4 Å². The smallest absolute Gasteiger partial charge is 0.294 e. The average Bonchev–Trinajstić information content (AvgIpc) is 3.02. The van der Waals surface area contributed by atoms with Crippen LogP contribution in [0.25, 0.3) is 11.6 Å². The van der Waals surface area contributed by atoms with Crippen LogP contribution in [-0.4, -0.2) is 41.1 Å². The number of carbonyl (C=O) groups excluding carboxylic acids is 3. The van der Waals surface area contributed by atoms with Gasteiger partial charge in [-0.1, -0.05) is 23.8 Å². The van der Waals surface area contributed by atoms with Crippen molar-refractivity contribution in [2.45, 2.75) is 40.2 Å². The highest BCUT2D eigenvalue weighted by Gasteiger charge is 2.37. The number of likely N-dealkylation sites (N-methyl/N-ethyl adjacent to an activating group) is 1. The summed E-state index contributed by atoms with van der Waals surface area (Å²) in [5, 5.41) is 2.18. The number of thioether (sulfide) groups is 1. The van der Waals surface area contributed by atoms with Gasteiger partial charge in [-0.2, -0.15) is 0 Å². The third-order valence-electron chi connectivity index (χ3n) is 6.45. The molecule has 2 aromatic carbocycles. The number of hydrogen-bond donors (Lipinski definition) is 1. The van der Waals surface area contributed by atoms with Gasteiger partial charge in [-0.05, 0) is 81.8 Å². The minimum Gasteiger partial charge on any atom is -0.365 e. The predicted molar refractivity (Wildman–Crippen MR) is 140 cm³/mol. The summed E-state index contributed by atoms with van der Waals surface area (Å²) in [5.74, 6) is -1.58. The van der Waals surface area contributed by atoms with E-state index in [9.17, 15) is 14.4 Å². The molecule has 6 nitrogen and oxygen atoms in total. The first kappa shape index (κ1) is 24.7. The van der Waals surface area contributed by atoms with Crippen molar-refractivity contribution >= 4 is 51.8 Å². The molecule has 0 atom stereocenters. The molecule has 0 aliphatic carbocycles. The molecule has 0 bridgehead atoms. The Morgan fingerprint density at radius 1 is 1.14 bits per heavy atom. The lowest BCUT2D eigenvalue weighted by Crippen LogP contribution is -2.42. The molecule has 0 unspecified atom stereocenters. The van der Waals surface area contributed by atoms with E-state index in [0.29, 0.717) is 17.4 Å². The molecule has 8 heteroatoms. The first-order chi connectivity index (χ1) is 16.4. The summed E-state index contributed by atoms with van der Waals surface area (Å²) >= 11 is 0.704. The zero-order valence-electron chi connectivity index (χ0n) is 20.7. The quantitative estimate of drug-likeness (QED) is 0.550. The molecule has 2 heterocycles. The highest BCUT2D eigenvalue weighted by molar-refractivity contribution is 8.18. The maximum absolute atomic E-state index is 15.0. The van der Waals surface area contributed by atoms with E-state index >= 15 is 4.39 Å². The molecule has 4 rings (SSSR count). The number of fused-ring (bicyclic) bond motifs is 1. The van der Waals surface area contributed by atoms with Crippen LogP contribution in [0.2, 0.25) is 0 Å². The number of hydrogen-bond acceptors (Lipinski definition) is 5. The fourth-order valence-electron chi connectivity index (χ4n) is 4.36. The Kier molecular flexibility index (Phi) is 6.36. The molecule has 182 valence electrons. The van der Waals surface area contributed by atoms with Gasteiger partial charge in [0.05, 0.1) is 10.4 Å². The Labute approximate surface area is 208 Å². The third kappa shape index (κ3) is 4.75. The summed E-state index contributed by atoms with van der Waals surface area (Å²) in [7, 11) is 1.91. The van der Waals surface area contributed by atoms with E-state index in [0.717, 1.165) is 32.9 Å². The van der Waals surface area contributed by atoms with Crippen LogP contribution in [0, 0.1) is 19.7 Å². The Hall–Kier alpha value is -3.39. The normalized spacial score (nSPS) is 18.1. The summed E-state index contributed by atoms with van der Waals surface area (Å²) < 4.78 is 15.0. The molecule has 0 spiro atoms. The Morgan fingerprint density at radius 3 is 2.54 bits per heavy atom. The van der Waals surface area contributed by atoms with Gasteiger partial charge in [0.25, 0.3) is 11.1 Å². The van der Waals surface area contributed by atoms with E-state index in [2.05, 4.69) is 25.2 Å². The molecule has 1 saturated heterocycles. The predicted octanol–water partition coefficient (Wildman–Crippen LogP) is 5.75. The van der Waals surface area contributed by atoms with Crippen molar-refractivity contribution in [1.29, 1.82) is 0 Å². The van der Waals surface area contributed by atoms with E-state index in [1.807, 2.05) is 44.9 Å². The Balaban J connectivity index is 1.55. The number of benzene rings is 2. The van der Waals surface area contributed by atoms with Crippen LogP contribution in [0.4, 0.5) is 20.6 Å². The van der Waals surface area contributed by atoms with Crippen LogP contribution in [0.3, 0.4) is 0 Å². The molecule has 2 aliphatic heterocycles. The number of carbonyl (C=O) groups is 3. The number of anilines is 2. The van der Waals surface area contributed by atoms with Crippen molar-refractivity contribution in [3.8, 4) is 0 Å². The molecule has 1 fully saturated rings. The zero-order chi connectivity index (χ0) is 25.7. The standard InChI is InChI=1S/C27H28FN3O3S/c1-15-7-8-21(16(2)9-15)29-24(32)14-31-25(33)23(35-26(31)34)11-18-10-19-17(3)13-27(4,5)30(6)22(19)12-20(18)28/h7-13H,14H2,1-6H3,(H,29,32)/b23-11+. The molecule has 0 aromatic heterocycles. The summed E-state index contributed by atoms with van der Waals surface area (Å²) in [6, 6.07) is 8.74. The minimum atomic E-state index is -0.613. The Bertz CT molecular complexity index is 1330. The molecule has 2 aliphatic rings. The fraction of sp³-hybridized carbons (Fsp3) is 0.296. The number of nitrogens with one attached hydrogen (secondary N) is 1. The first-order valence-electron chi connectivity index (χ1n) is 11.3. The van der Waals surface area contributed by atoms with Crippen molar-refractivity contribution in [1.82, 2.24) is 4.90 Å². The fourth-order valence-corrected chi connectivity index (χ4v) is 5.19. The first-order valence-corrected chi connectivity index (χ1v) is 12.1. The second-order valence-corrected chi connectivity index (χ2v) is 10.6. The summed E-state index contributed by atoms with van der Waals surface area (Å²) in [6.07, 6.45) is 3.49. The number of amides is 3. The second kappa shape index (κ2) is 9.00. The van der Waals surface area contributed by atoms with Gasteiger partial charge in [0.15, 0.2) is 0 Å². The third-order valence-corrected chi connectivity index (χ3v) is 7.36. The van der Waals surface area contributed by atoms with E-state index in [1.54, 1.807) is 12.1 Å². The highest BCUT2D eigenvalue weighted by Crippen LogP contribution is 2.40. The molecule has 0 saturated carbocycles. The van der Waals surface area contributed by atoms with Gasteiger partial charge in [0.2, 0.25) is 5.91 Å². The number of halogens is 1. The van der Waals surface area contributed by atoms with Crippen LogP contribution in [-0.2, 0) is 9.59 Å². The van der Waals surface area contributed by atoms with Crippen LogP contribution in [0.15, 0.2) is 41.3 Å². The van der Waals surface area contributed by atoms with E-state index in [-0.39, 0.29) is 16.0 Å². The van der Waals surface area contributed by atoms with Gasteiger partial charge in [-0.15, -0.1) is 0 Å². The molecular weight excluding hydrogens is 465 g/mol. The van der Waals surface area contributed by atoms with E-state index < -0.39 is 29.4 Å². The lowest BCUT2D eigenvalue weighted by atomic mass is 9.88. The lowest BCUT2D eigenvalue weighted by molar-refractivity contribution is -0.127. The van der Waals surface area contributed by atoms with Gasteiger partial charge >= 0.3 is 0 Å². The molecule has 0 radical (unpaired) electrons. The van der Waals surface area contributed by atoms with Crippen molar-refractivity contribution in [2.75, 3.05) is 23.8 Å². The molecule has 35 heavy (non-hydrogen) atoms. The lowest BCUT2D eigenvalue weighted by Gasteiger charge is -2.40. The van der Waals surface area contributed by atoms with Crippen LogP contribution in [0.5, 0.6) is 0 Å². The SMILES string of the molecule is CC1=CC(C)(C)N(C)c2cc(F)c(/C=C3/SC(=O)N(CC(=O)Nc4ccc(C)cc4C)C3=O)cc21. The number of rotatable bonds is 4. The van der Waals surface area contributed by atoms with Gasteiger partial charge in [0, 0.05) is 29.5 Å². The highest BCUT2D eigenvalue weighted by atomic mass is 32.2. The molecule has 1 N–H and O–H groups in total. The van der Waals surface area contributed by atoms with Gasteiger partial charge in [0.1, 0.15) is 12.4 Å². The van der Waals surface area contributed by atoms with Gasteiger partial charge < -0.3 is 10.2 Å². The largest absolute Gasteiger partial charge is 0.365 e. The van der Waals surface area contributed by atoms with Crippen LogP contribution < -0.4 is 10.2 Å². The average molecular weight is 494 g/mol. The van der Waals surface area contributed by atoms with Gasteiger partial charge in [-0.3, -0.25) is 19.3 Å². The van der Waals surface area contributed by atoms with Crippen LogP contribution >= 0.6 is 11.8 Å². The van der Waals surface area contributed by atoms with Gasteiger partial charge in [-0.25, -0.2) is 4.39 Å². The summed E-state index contributed by atoms with van der Waals surface area (Å²) in [5.41, 5.74) is 5.17. The molecule has 3 amide bonds.